The van der Waals surface area contributed by atoms with E-state index in [9.17, 15) is 13.2 Å². The summed E-state index contributed by atoms with van der Waals surface area (Å²) in [6.07, 6.45) is 0.431. The van der Waals surface area contributed by atoms with Gasteiger partial charge in [-0.05, 0) is 42.7 Å². The molecule has 4 rings (SSSR count). The fourth-order valence-corrected chi connectivity index (χ4v) is 6.01. The lowest BCUT2D eigenvalue weighted by atomic mass is 9.81. The highest BCUT2D eigenvalue weighted by Gasteiger charge is 2.44. The molecular formula is C23H23ClN2O6S. The first-order valence-electron chi connectivity index (χ1n) is 10.4. The molecule has 0 saturated carbocycles. The van der Waals surface area contributed by atoms with Crippen molar-refractivity contribution in [2.45, 2.75) is 24.3 Å². The smallest absolute Gasteiger partial charge is 0.250 e. The van der Waals surface area contributed by atoms with E-state index in [-0.39, 0.29) is 37.6 Å². The summed E-state index contributed by atoms with van der Waals surface area (Å²) in [5.41, 5.74) is 1.87. The van der Waals surface area contributed by atoms with Crippen LogP contribution in [0.15, 0.2) is 59.5 Å². The Morgan fingerprint density at radius 1 is 1.15 bits per heavy atom. The van der Waals surface area contributed by atoms with Gasteiger partial charge in [-0.2, -0.15) is 0 Å². The molecule has 10 heteroatoms. The number of halogens is 1. The van der Waals surface area contributed by atoms with Gasteiger partial charge in [0.15, 0.2) is 9.84 Å². The molecule has 0 aliphatic carbocycles. The Bertz CT molecular complexity index is 1260. The second-order valence-electron chi connectivity index (χ2n) is 7.99. The van der Waals surface area contributed by atoms with Gasteiger partial charge in [-0.15, -0.1) is 0 Å². The summed E-state index contributed by atoms with van der Waals surface area (Å²) in [7, 11) is -3.79. The van der Waals surface area contributed by atoms with Crippen molar-refractivity contribution in [1.29, 1.82) is 0 Å². The first kappa shape index (κ1) is 23.4. The third-order valence-electron chi connectivity index (χ3n) is 5.82. The van der Waals surface area contributed by atoms with Gasteiger partial charge in [-0.3, -0.25) is 10.0 Å². The summed E-state index contributed by atoms with van der Waals surface area (Å²) in [5.74, 6) is -0.533. The molecule has 0 radical (unpaired) electrons. The Labute approximate surface area is 196 Å². The number of rotatable bonds is 7. The number of ether oxygens (including phenoxy) is 2. The number of nitrogens with one attached hydrogen (secondary N) is 1. The first-order chi connectivity index (χ1) is 15.8. The van der Waals surface area contributed by atoms with E-state index in [1.807, 2.05) is 24.3 Å². The van der Waals surface area contributed by atoms with Crippen LogP contribution in [0.2, 0.25) is 5.15 Å². The molecule has 0 atom stereocenters. The number of sulfone groups is 1. The number of nitrogens with zero attached hydrogens (tertiary/aromatic N) is 1. The van der Waals surface area contributed by atoms with Crippen LogP contribution in [0, 0.1) is 5.41 Å². The van der Waals surface area contributed by atoms with Crippen LogP contribution < -0.4 is 10.2 Å². The normalized spacial score (nSPS) is 15.8. The average Bonchev–Trinajstić information content (AvgIpc) is 2.82. The number of hydrogen-bond acceptors (Lipinski definition) is 7. The SMILES string of the molecule is O=C(NO)C1(CS(=O)(=O)c2ccc(COc3cc(Cl)nc4ccccc34)cc2)CCOCC1. The minimum absolute atomic E-state index is 0.0975. The van der Waals surface area contributed by atoms with Crippen molar-refractivity contribution < 1.29 is 27.9 Å². The van der Waals surface area contributed by atoms with E-state index in [1.54, 1.807) is 23.7 Å². The number of carbonyl (C=O) groups excluding carboxylic acids is 1. The lowest BCUT2D eigenvalue weighted by molar-refractivity contribution is -0.143. The van der Waals surface area contributed by atoms with Crippen LogP contribution in [0.3, 0.4) is 0 Å². The predicted octanol–water partition coefficient (Wildman–Crippen LogP) is 3.54. The summed E-state index contributed by atoms with van der Waals surface area (Å²) >= 11 is 6.09. The van der Waals surface area contributed by atoms with Crippen molar-refractivity contribution in [2.75, 3.05) is 19.0 Å². The minimum atomic E-state index is -3.79. The largest absolute Gasteiger partial charge is 0.488 e. The standard InChI is InChI=1S/C23H23ClN2O6S/c24-21-13-20(18-3-1-2-4-19(18)25-21)32-14-16-5-7-17(8-6-16)33(29,30)15-23(22(27)26-28)9-11-31-12-10-23/h1-8,13,28H,9-12,14-15H2,(H,26,27). The van der Waals surface area contributed by atoms with Gasteiger partial charge in [0.05, 0.1) is 21.6 Å². The van der Waals surface area contributed by atoms with Gasteiger partial charge < -0.3 is 9.47 Å². The van der Waals surface area contributed by atoms with Crippen LogP contribution in [-0.2, 0) is 26.0 Å². The number of benzene rings is 2. The molecule has 2 aromatic carbocycles. The van der Waals surface area contributed by atoms with Gasteiger partial charge in [0.1, 0.15) is 17.5 Å². The Balaban J connectivity index is 1.49. The number of pyridine rings is 1. The van der Waals surface area contributed by atoms with Crippen LogP contribution in [0.25, 0.3) is 10.9 Å². The van der Waals surface area contributed by atoms with Crippen molar-refractivity contribution in [2.24, 2.45) is 5.41 Å². The molecule has 3 aromatic rings. The molecule has 8 nitrogen and oxygen atoms in total. The van der Waals surface area contributed by atoms with Crippen molar-refractivity contribution >= 4 is 38.2 Å². The van der Waals surface area contributed by atoms with Gasteiger partial charge >= 0.3 is 0 Å². The first-order valence-corrected chi connectivity index (χ1v) is 12.4. The molecule has 174 valence electrons. The molecule has 0 bridgehead atoms. The van der Waals surface area contributed by atoms with Crippen molar-refractivity contribution in [1.82, 2.24) is 10.5 Å². The third-order valence-corrected chi connectivity index (χ3v) is 7.94. The Kier molecular flexibility index (Phi) is 6.85. The summed E-state index contributed by atoms with van der Waals surface area (Å²) < 4.78 is 37.3. The maximum atomic E-state index is 13.0. The van der Waals surface area contributed by atoms with Crippen molar-refractivity contribution in [3.63, 3.8) is 0 Å². The van der Waals surface area contributed by atoms with Crippen LogP contribution in [0.4, 0.5) is 0 Å². The molecule has 33 heavy (non-hydrogen) atoms. The lowest BCUT2D eigenvalue weighted by Crippen LogP contribution is -2.47. The fourth-order valence-electron chi connectivity index (χ4n) is 3.95. The predicted molar refractivity (Wildman–Crippen MR) is 122 cm³/mol. The maximum Gasteiger partial charge on any atom is 0.250 e. The Morgan fingerprint density at radius 3 is 2.55 bits per heavy atom. The number of hydrogen-bond donors (Lipinski definition) is 2. The van der Waals surface area contributed by atoms with E-state index in [1.165, 1.54) is 12.1 Å². The third kappa shape index (κ3) is 5.11. The topological polar surface area (TPSA) is 115 Å². The molecule has 0 spiro atoms. The van der Waals surface area contributed by atoms with Gasteiger partial charge in [0.2, 0.25) is 0 Å². The van der Waals surface area contributed by atoms with E-state index in [0.717, 1.165) is 16.5 Å². The molecule has 1 amide bonds. The number of amides is 1. The number of aromatic nitrogens is 1. The summed E-state index contributed by atoms with van der Waals surface area (Å²) in [5, 5.41) is 10.3. The summed E-state index contributed by atoms with van der Waals surface area (Å²) in [6.45, 7) is 0.721. The van der Waals surface area contributed by atoms with Gasteiger partial charge in [0.25, 0.3) is 5.91 Å². The zero-order chi connectivity index (χ0) is 23.5. The quantitative estimate of drug-likeness (QED) is 0.295. The Hall–Kier alpha value is -2.72. The molecule has 2 heterocycles. The number of carbonyl (C=O) groups is 1. The molecule has 1 aliphatic rings. The molecule has 1 saturated heterocycles. The number of hydroxylamine groups is 1. The highest BCUT2D eigenvalue weighted by atomic mass is 35.5. The molecule has 1 aliphatic heterocycles. The minimum Gasteiger partial charge on any atom is -0.488 e. The van der Waals surface area contributed by atoms with Crippen LogP contribution >= 0.6 is 11.6 Å². The molecule has 1 aromatic heterocycles. The highest BCUT2D eigenvalue weighted by molar-refractivity contribution is 7.91. The van der Waals surface area contributed by atoms with Gasteiger partial charge in [-0.25, -0.2) is 18.9 Å². The van der Waals surface area contributed by atoms with E-state index >= 15 is 0 Å². The summed E-state index contributed by atoms with van der Waals surface area (Å²) in [4.78, 5) is 16.6. The number of fused-ring (bicyclic) bond motifs is 1. The maximum absolute atomic E-state index is 13.0. The van der Waals surface area contributed by atoms with Crippen LogP contribution in [-0.4, -0.2) is 43.5 Å². The van der Waals surface area contributed by atoms with E-state index < -0.39 is 26.9 Å². The fraction of sp³-hybridized carbons (Fsp3) is 0.304. The second-order valence-corrected chi connectivity index (χ2v) is 10.4. The Morgan fingerprint density at radius 2 is 1.85 bits per heavy atom. The van der Waals surface area contributed by atoms with Crippen molar-refractivity contribution in [3.8, 4) is 5.75 Å². The van der Waals surface area contributed by atoms with E-state index in [4.69, 9.17) is 26.3 Å². The zero-order valence-corrected chi connectivity index (χ0v) is 19.2. The van der Waals surface area contributed by atoms with Crippen molar-refractivity contribution in [3.05, 3.63) is 65.3 Å². The highest BCUT2D eigenvalue weighted by Crippen LogP contribution is 2.34. The second kappa shape index (κ2) is 9.64. The van der Waals surface area contributed by atoms with E-state index in [0.29, 0.717) is 10.9 Å². The molecule has 1 fully saturated rings. The lowest BCUT2D eigenvalue weighted by Gasteiger charge is -2.34. The number of para-hydroxylation sites is 1. The zero-order valence-electron chi connectivity index (χ0n) is 17.7. The van der Waals surface area contributed by atoms with E-state index in [2.05, 4.69) is 4.98 Å². The summed E-state index contributed by atoms with van der Waals surface area (Å²) in [6, 6.07) is 15.4. The van der Waals surface area contributed by atoms with Crippen LogP contribution in [0.5, 0.6) is 5.75 Å². The molecule has 0 unspecified atom stereocenters. The molecule has 2 N–H and O–H groups in total. The van der Waals surface area contributed by atoms with Crippen LogP contribution in [0.1, 0.15) is 18.4 Å². The average molecular weight is 491 g/mol. The van der Waals surface area contributed by atoms with Gasteiger partial charge in [-0.1, -0.05) is 35.9 Å². The monoisotopic (exact) mass is 490 g/mol. The van der Waals surface area contributed by atoms with Gasteiger partial charge in [0, 0.05) is 24.7 Å². The molecular weight excluding hydrogens is 468 g/mol.